The third kappa shape index (κ3) is 4.22. The molecule has 124 valence electrons. The van der Waals surface area contributed by atoms with Gasteiger partial charge < -0.3 is 5.32 Å². The van der Waals surface area contributed by atoms with Crippen molar-refractivity contribution in [3.8, 4) is 0 Å². The molecule has 4 heteroatoms. The van der Waals surface area contributed by atoms with Gasteiger partial charge in [0.05, 0.1) is 10.0 Å². The third-order valence-electron chi connectivity index (χ3n) is 4.37. The first-order chi connectivity index (χ1) is 10.5. The average molecular weight is 371 g/mol. The number of nitrogens with one attached hydrogen (secondary N) is 1. The first kappa shape index (κ1) is 18.6. The Morgan fingerprint density at radius 1 is 1.09 bits per heavy atom. The van der Waals surface area contributed by atoms with E-state index in [0.29, 0.717) is 28.0 Å². The van der Waals surface area contributed by atoms with Crippen molar-refractivity contribution < 1.29 is 0 Å². The van der Waals surface area contributed by atoms with Gasteiger partial charge in [-0.15, -0.1) is 12.4 Å². The number of halogens is 3. The van der Waals surface area contributed by atoms with E-state index in [1.165, 1.54) is 16.7 Å². The topological polar surface area (TPSA) is 12.0 Å². The number of hydrogen-bond acceptors (Lipinski definition) is 1. The third-order valence-corrected chi connectivity index (χ3v) is 5.11. The van der Waals surface area contributed by atoms with E-state index in [9.17, 15) is 0 Å². The van der Waals surface area contributed by atoms with E-state index in [-0.39, 0.29) is 12.4 Å². The predicted octanol–water partition coefficient (Wildman–Crippen LogP) is 5.66. The van der Waals surface area contributed by atoms with Gasteiger partial charge in [0.15, 0.2) is 0 Å². The summed E-state index contributed by atoms with van der Waals surface area (Å²) in [6, 6.07) is 15.7. The van der Waals surface area contributed by atoms with E-state index in [0.717, 1.165) is 12.8 Å². The second kappa shape index (κ2) is 7.90. The normalized spacial score (nSPS) is 19.5. The van der Waals surface area contributed by atoms with Crippen LogP contribution < -0.4 is 5.32 Å². The highest BCUT2D eigenvalue weighted by molar-refractivity contribution is 6.42. The molecule has 0 aliphatic heterocycles. The van der Waals surface area contributed by atoms with Gasteiger partial charge in [0.1, 0.15) is 0 Å². The molecule has 0 spiro atoms. The molecule has 0 bridgehead atoms. The van der Waals surface area contributed by atoms with Crippen LogP contribution in [0.1, 0.15) is 36.5 Å². The summed E-state index contributed by atoms with van der Waals surface area (Å²) in [5, 5.41) is 4.98. The van der Waals surface area contributed by atoms with Gasteiger partial charge in [-0.05, 0) is 41.7 Å². The van der Waals surface area contributed by atoms with Crippen LogP contribution in [0.15, 0.2) is 42.5 Å². The fourth-order valence-corrected chi connectivity index (χ4v) is 3.77. The van der Waals surface area contributed by atoms with Gasteiger partial charge in [0, 0.05) is 18.0 Å². The molecule has 1 nitrogen and oxygen atoms in total. The summed E-state index contributed by atoms with van der Waals surface area (Å²) >= 11 is 12.2. The number of hydrogen-bond donors (Lipinski definition) is 1. The summed E-state index contributed by atoms with van der Waals surface area (Å²) in [5.41, 5.74) is 4.17. The van der Waals surface area contributed by atoms with Gasteiger partial charge >= 0.3 is 0 Å². The zero-order valence-electron chi connectivity index (χ0n) is 13.4. The van der Waals surface area contributed by atoms with Gasteiger partial charge in [-0.1, -0.05) is 67.4 Å². The van der Waals surface area contributed by atoms with Crippen molar-refractivity contribution in [3.63, 3.8) is 0 Å². The summed E-state index contributed by atoms with van der Waals surface area (Å²) in [6.07, 6.45) is 2.08. The second-order valence-corrected chi connectivity index (χ2v) is 7.20. The molecule has 3 rings (SSSR count). The Bertz CT molecular complexity index is 669. The predicted molar refractivity (Wildman–Crippen MR) is 102 cm³/mol. The lowest BCUT2D eigenvalue weighted by atomic mass is 9.90. The van der Waals surface area contributed by atoms with Gasteiger partial charge in [0.25, 0.3) is 0 Å². The quantitative estimate of drug-likeness (QED) is 0.731. The van der Waals surface area contributed by atoms with Crippen molar-refractivity contribution in [1.29, 1.82) is 0 Å². The number of fused-ring (bicyclic) bond motifs is 1. The average Bonchev–Trinajstić information content (AvgIpc) is 2.80. The lowest BCUT2D eigenvalue weighted by Gasteiger charge is -2.24. The summed E-state index contributed by atoms with van der Waals surface area (Å²) in [6.45, 7) is 4.42. The summed E-state index contributed by atoms with van der Waals surface area (Å²) in [4.78, 5) is 0. The highest BCUT2D eigenvalue weighted by Crippen LogP contribution is 2.37. The molecule has 0 heterocycles. The van der Waals surface area contributed by atoms with E-state index in [2.05, 4.69) is 49.5 Å². The molecule has 1 aliphatic carbocycles. The van der Waals surface area contributed by atoms with Gasteiger partial charge in [0.2, 0.25) is 0 Å². The van der Waals surface area contributed by atoms with Crippen molar-refractivity contribution in [3.05, 3.63) is 69.2 Å². The molecule has 0 unspecified atom stereocenters. The van der Waals surface area contributed by atoms with Crippen LogP contribution in [0, 0.1) is 0 Å². The maximum atomic E-state index is 6.17. The lowest BCUT2D eigenvalue weighted by Crippen LogP contribution is -2.38. The van der Waals surface area contributed by atoms with Crippen LogP contribution in [0.25, 0.3) is 0 Å². The molecular formula is C19H22Cl3N. The highest BCUT2D eigenvalue weighted by atomic mass is 35.5. The highest BCUT2D eigenvalue weighted by Gasteiger charge is 2.32. The minimum absolute atomic E-state index is 0. The minimum atomic E-state index is 0. The molecule has 0 aromatic heterocycles. The SMILES string of the molecule is CC(C)N[C@H]1Cc2ccccc2[C@H]1Cc1ccc(Cl)c(Cl)c1.Cl. The lowest BCUT2D eigenvalue weighted by molar-refractivity contribution is 0.418. The molecule has 2 atom stereocenters. The fraction of sp³-hybridized carbons (Fsp3) is 0.368. The van der Waals surface area contributed by atoms with Crippen LogP contribution in [0.2, 0.25) is 10.0 Å². The monoisotopic (exact) mass is 369 g/mol. The number of rotatable bonds is 4. The van der Waals surface area contributed by atoms with Crippen LogP contribution in [0.5, 0.6) is 0 Å². The summed E-state index contributed by atoms with van der Waals surface area (Å²) in [5.74, 6) is 0.482. The van der Waals surface area contributed by atoms with Crippen LogP contribution >= 0.6 is 35.6 Å². The fourth-order valence-electron chi connectivity index (χ4n) is 3.45. The first-order valence-electron chi connectivity index (χ1n) is 7.82. The zero-order chi connectivity index (χ0) is 15.7. The molecule has 0 saturated carbocycles. The molecular weight excluding hydrogens is 349 g/mol. The van der Waals surface area contributed by atoms with Gasteiger partial charge in [-0.25, -0.2) is 0 Å². The van der Waals surface area contributed by atoms with Crippen LogP contribution in [-0.4, -0.2) is 12.1 Å². The van der Waals surface area contributed by atoms with Crippen molar-refractivity contribution in [2.24, 2.45) is 0 Å². The van der Waals surface area contributed by atoms with E-state index < -0.39 is 0 Å². The first-order valence-corrected chi connectivity index (χ1v) is 8.58. The molecule has 0 saturated heterocycles. The van der Waals surface area contributed by atoms with Crippen LogP contribution in [-0.2, 0) is 12.8 Å². The molecule has 1 aliphatic rings. The van der Waals surface area contributed by atoms with Gasteiger partial charge in [-0.3, -0.25) is 0 Å². The van der Waals surface area contributed by atoms with E-state index >= 15 is 0 Å². The Balaban J connectivity index is 0.00000192. The largest absolute Gasteiger partial charge is 0.311 e. The minimum Gasteiger partial charge on any atom is -0.311 e. The summed E-state index contributed by atoms with van der Waals surface area (Å²) in [7, 11) is 0. The molecule has 23 heavy (non-hydrogen) atoms. The van der Waals surface area contributed by atoms with E-state index in [4.69, 9.17) is 23.2 Å². The van der Waals surface area contributed by atoms with Crippen LogP contribution in [0.3, 0.4) is 0 Å². The molecule has 0 radical (unpaired) electrons. The van der Waals surface area contributed by atoms with Gasteiger partial charge in [-0.2, -0.15) is 0 Å². The zero-order valence-corrected chi connectivity index (χ0v) is 15.7. The molecule has 2 aromatic rings. The van der Waals surface area contributed by atoms with Crippen molar-refractivity contribution in [2.45, 2.75) is 44.7 Å². The van der Waals surface area contributed by atoms with Crippen molar-refractivity contribution in [2.75, 3.05) is 0 Å². The smallest absolute Gasteiger partial charge is 0.0595 e. The van der Waals surface area contributed by atoms with E-state index in [1.54, 1.807) is 0 Å². The maximum Gasteiger partial charge on any atom is 0.0595 e. The Hall–Kier alpha value is -0.730. The van der Waals surface area contributed by atoms with Crippen LogP contribution in [0.4, 0.5) is 0 Å². The molecule has 0 fully saturated rings. The number of benzene rings is 2. The summed E-state index contributed by atoms with van der Waals surface area (Å²) < 4.78 is 0. The Morgan fingerprint density at radius 3 is 2.52 bits per heavy atom. The van der Waals surface area contributed by atoms with Crippen molar-refractivity contribution >= 4 is 35.6 Å². The van der Waals surface area contributed by atoms with Crippen molar-refractivity contribution in [1.82, 2.24) is 5.32 Å². The molecule has 1 N–H and O–H groups in total. The Morgan fingerprint density at radius 2 is 1.83 bits per heavy atom. The maximum absolute atomic E-state index is 6.17. The standard InChI is InChI=1S/C19H21Cl2N.ClH/c1-12(2)22-19-11-14-5-3-4-6-15(14)16(19)9-13-7-8-17(20)18(21)10-13;/h3-8,10,12,16,19,22H,9,11H2,1-2H3;1H/t16-,19+;/m1./s1. The van der Waals surface area contributed by atoms with E-state index in [1.807, 2.05) is 12.1 Å². The molecule has 2 aromatic carbocycles. The Kier molecular flexibility index (Phi) is 6.39. The Labute approximate surface area is 154 Å². The second-order valence-electron chi connectivity index (χ2n) is 6.39. The molecule has 0 amide bonds.